The second-order valence-corrected chi connectivity index (χ2v) is 3.24. The van der Waals surface area contributed by atoms with Gasteiger partial charge < -0.3 is 5.11 Å². The summed E-state index contributed by atoms with van der Waals surface area (Å²) < 4.78 is 0.583. The van der Waals surface area contributed by atoms with Crippen LogP contribution < -0.4 is 0 Å². The summed E-state index contributed by atoms with van der Waals surface area (Å²) in [5.74, 6) is -1.06. The number of halogens is 1. The summed E-state index contributed by atoms with van der Waals surface area (Å²) in [5.41, 5.74) is 0.287. The van der Waals surface area contributed by atoms with Crippen LogP contribution in [0.3, 0.4) is 0 Å². The molecule has 12 heavy (non-hydrogen) atoms. The zero-order valence-corrected chi connectivity index (χ0v) is 8.07. The number of carbonyl (C=O) groups is 1. The number of carboxylic acids is 1. The van der Waals surface area contributed by atoms with Crippen molar-refractivity contribution in [2.24, 2.45) is 0 Å². The Hall–Kier alpha value is -1.09. The highest BCUT2D eigenvalue weighted by molar-refractivity contribution is 14.1. The van der Waals surface area contributed by atoms with Crippen LogP contribution in [0, 0.1) is 14.9 Å². The van der Waals surface area contributed by atoms with Crippen molar-refractivity contribution in [1.82, 2.24) is 0 Å². The first kappa shape index (κ1) is 9.00. The minimum Gasteiger partial charge on any atom is -0.478 e. The van der Waals surface area contributed by atoms with Crippen molar-refractivity contribution in [3.8, 4) is 6.07 Å². The average molecular weight is 273 g/mol. The SMILES string of the molecule is N#Cc1cccc(I)c1C(=O)O. The van der Waals surface area contributed by atoms with E-state index < -0.39 is 5.97 Å². The first-order chi connectivity index (χ1) is 5.66. The molecule has 4 heteroatoms. The summed E-state index contributed by atoms with van der Waals surface area (Å²) in [6.07, 6.45) is 0. The van der Waals surface area contributed by atoms with Crippen molar-refractivity contribution < 1.29 is 9.90 Å². The second-order valence-electron chi connectivity index (χ2n) is 2.08. The van der Waals surface area contributed by atoms with Gasteiger partial charge in [-0.05, 0) is 34.7 Å². The highest BCUT2D eigenvalue weighted by atomic mass is 127. The molecule has 1 aromatic rings. The molecule has 0 aliphatic carbocycles. The molecule has 0 fully saturated rings. The van der Waals surface area contributed by atoms with Gasteiger partial charge in [-0.1, -0.05) is 6.07 Å². The van der Waals surface area contributed by atoms with E-state index in [2.05, 4.69) is 0 Å². The van der Waals surface area contributed by atoms with Gasteiger partial charge in [0, 0.05) is 3.57 Å². The van der Waals surface area contributed by atoms with Crippen LogP contribution in [0.4, 0.5) is 0 Å². The van der Waals surface area contributed by atoms with Crippen molar-refractivity contribution in [2.45, 2.75) is 0 Å². The van der Waals surface area contributed by atoms with Gasteiger partial charge in [0.15, 0.2) is 0 Å². The lowest BCUT2D eigenvalue weighted by Gasteiger charge is -1.99. The third kappa shape index (κ3) is 1.56. The van der Waals surface area contributed by atoms with Crippen molar-refractivity contribution in [3.05, 3.63) is 32.9 Å². The third-order valence-electron chi connectivity index (χ3n) is 1.35. The molecule has 60 valence electrons. The molecule has 0 saturated carbocycles. The van der Waals surface area contributed by atoms with Crippen LogP contribution in [0.15, 0.2) is 18.2 Å². The Morgan fingerprint density at radius 2 is 2.25 bits per heavy atom. The normalized spacial score (nSPS) is 9.00. The largest absolute Gasteiger partial charge is 0.478 e. The molecule has 0 aliphatic heterocycles. The molecular formula is C8H4INO2. The predicted molar refractivity (Wildman–Crippen MR) is 50.8 cm³/mol. The van der Waals surface area contributed by atoms with Gasteiger partial charge in [-0.2, -0.15) is 5.26 Å². The Balaban J connectivity index is 3.42. The summed E-state index contributed by atoms with van der Waals surface area (Å²) in [6, 6.07) is 6.64. The Bertz CT molecular complexity index is 368. The molecule has 1 aromatic carbocycles. The van der Waals surface area contributed by atoms with Crippen LogP contribution in [0.2, 0.25) is 0 Å². The molecule has 0 aromatic heterocycles. The van der Waals surface area contributed by atoms with E-state index in [1.54, 1.807) is 12.1 Å². The van der Waals surface area contributed by atoms with Gasteiger partial charge in [0.05, 0.1) is 11.1 Å². The molecule has 0 aliphatic rings. The van der Waals surface area contributed by atoms with Gasteiger partial charge in [-0.15, -0.1) is 0 Å². The van der Waals surface area contributed by atoms with Crippen LogP contribution >= 0.6 is 22.6 Å². The van der Waals surface area contributed by atoms with Gasteiger partial charge >= 0.3 is 5.97 Å². The molecule has 0 saturated heterocycles. The smallest absolute Gasteiger partial charge is 0.338 e. The number of rotatable bonds is 1. The number of aromatic carboxylic acids is 1. The lowest BCUT2D eigenvalue weighted by Crippen LogP contribution is -2.02. The molecule has 1 rings (SSSR count). The van der Waals surface area contributed by atoms with E-state index in [-0.39, 0.29) is 11.1 Å². The second kappa shape index (κ2) is 3.54. The van der Waals surface area contributed by atoms with Gasteiger partial charge in [0.1, 0.15) is 6.07 Å². The topological polar surface area (TPSA) is 61.1 Å². The highest BCUT2D eigenvalue weighted by Crippen LogP contribution is 2.15. The number of hydrogen-bond acceptors (Lipinski definition) is 2. The van der Waals surface area contributed by atoms with Gasteiger partial charge in [0.25, 0.3) is 0 Å². The lowest BCUT2D eigenvalue weighted by atomic mass is 10.1. The maximum atomic E-state index is 10.6. The monoisotopic (exact) mass is 273 g/mol. The van der Waals surface area contributed by atoms with E-state index in [1.165, 1.54) is 6.07 Å². The maximum absolute atomic E-state index is 10.6. The number of nitrogens with zero attached hydrogens (tertiary/aromatic N) is 1. The van der Waals surface area contributed by atoms with Crippen molar-refractivity contribution in [1.29, 1.82) is 5.26 Å². The van der Waals surface area contributed by atoms with E-state index in [4.69, 9.17) is 10.4 Å². The van der Waals surface area contributed by atoms with Crippen molar-refractivity contribution in [3.63, 3.8) is 0 Å². The Morgan fingerprint density at radius 1 is 1.58 bits per heavy atom. The summed E-state index contributed by atoms with van der Waals surface area (Å²) in [5, 5.41) is 17.3. The van der Waals surface area contributed by atoms with Crippen molar-refractivity contribution in [2.75, 3.05) is 0 Å². The quantitative estimate of drug-likeness (QED) is 0.794. The molecule has 0 spiro atoms. The van der Waals surface area contributed by atoms with Crippen LogP contribution in [0.5, 0.6) is 0 Å². The summed E-state index contributed by atoms with van der Waals surface area (Å²) in [4.78, 5) is 10.6. The van der Waals surface area contributed by atoms with E-state index in [9.17, 15) is 4.79 Å². The van der Waals surface area contributed by atoms with E-state index >= 15 is 0 Å². The average Bonchev–Trinajstić information content (AvgIpc) is 2.03. The molecule has 0 unspecified atom stereocenters. The van der Waals surface area contributed by atoms with Crippen molar-refractivity contribution >= 4 is 28.6 Å². The number of hydrogen-bond donors (Lipinski definition) is 1. The fourth-order valence-electron chi connectivity index (χ4n) is 0.835. The summed E-state index contributed by atoms with van der Waals surface area (Å²) in [7, 11) is 0. The van der Waals surface area contributed by atoms with E-state index in [1.807, 2.05) is 28.7 Å². The predicted octanol–water partition coefficient (Wildman–Crippen LogP) is 1.86. The standard InChI is InChI=1S/C8H4INO2/c9-6-3-1-2-5(4-10)7(6)8(11)12/h1-3H,(H,11,12). The van der Waals surface area contributed by atoms with Gasteiger partial charge in [0.2, 0.25) is 0 Å². The molecule has 0 amide bonds. The van der Waals surface area contributed by atoms with E-state index in [0.29, 0.717) is 3.57 Å². The molecular weight excluding hydrogens is 269 g/mol. The lowest BCUT2D eigenvalue weighted by molar-refractivity contribution is 0.0695. The molecule has 0 bridgehead atoms. The zero-order valence-electron chi connectivity index (χ0n) is 5.91. The summed E-state index contributed by atoms with van der Waals surface area (Å²) in [6.45, 7) is 0. The van der Waals surface area contributed by atoms with Gasteiger partial charge in [-0.3, -0.25) is 0 Å². The third-order valence-corrected chi connectivity index (χ3v) is 2.25. The Labute approximate surface area is 82.8 Å². The number of benzene rings is 1. The minimum atomic E-state index is -1.06. The molecule has 0 atom stereocenters. The van der Waals surface area contributed by atoms with Gasteiger partial charge in [-0.25, -0.2) is 4.79 Å². The molecule has 0 radical (unpaired) electrons. The first-order valence-electron chi connectivity index (χ1n) is 3.08. The first-order valence-corrected chi connectivity index (χ1v) is 4.16. The number of carboxylic acid groups (broad SMARTS) is 1. The molecule has 1 N–H and O–H groups in total. The van der Waals surface area contributed by atoms with Crippen LogP contribution in [-0.4, -0.2) is 11.1 Å². The maximum Gasteiger partial charge on any atom is 0.338 e. The highest BCUT2D eigenvalue weighted by Gasteiger charge is 2.12. The molecule has 0 heterocycles. The number of nitriles is 1. The Morgan fingerprint density at radius 3 is 2.67 bits per heavy atom. The molecule has 3 nitrogen and oxygen atoms in total. The van der Waals surface area contributed by atoms with E-state index in [0.717, 1.165) is 0 Å². The zero-order chi connectivity index (χ0) is 9.14. The summed E-state index contributed by atoms with van der Waals surface area (Å²) >= 11 is 1.89. The fraction of sp³-hybridized carbons (Fsp3) is 0. The van der Waals surface area contributed by atoms with Crippen LogP contribution in [-0.2, 0) is 0 Å². The minimum absolute atomic E-state index is 0.0839. The fourth-order valence-corrected chi connectivity index (χ4v) is 1.56. The Kier molecular flexibility index (Phi) is 2.65. The van der Waals surface area contributed by atoms with Crippen LogP contribution in [0.1, 0.15) is 15.9 Å². The van der Waals surface area contributed by atoms with Crippen LogP contribution in [0.25, 0.3) is 0 Å².